The molecule has 0 radical (unpaired) electrons. The van der Waals surface area contributed by atoms with Crippen LogP contribution in [0.3, 0.4) is 0 Å². The Morgan fingerprint density at radius 3 is 2.50 bits per heavy atom. The second-order valence-corrected chi connectivity index (χ2v) is 5.60. The van der Waals surface area contributed by atoms with E-state index >= 15 is 0 Å². The zero-order valence-corrected chi connectivity index (χ0v) is 14.0. The Hall–Kier alpha value is -3.54. The summed E-state index contributed by atoms with van der Waals surface area (Å²) in [5.74, 6) is 0.720. The largest absolute Gasteiger partial charge is 0.496 e. The van der Waals surface area contributed by atoms with Gasteiger partial charge in [-0.1, -0.05) is 30.3 Å². The molecule has 4 aromatic rings. The van der Waals surface area contributed by atoms with E-state index in [-0.39, 0.29) is 5.82 Å². The highest BCUT2D eigenvalue weighted by atomic mass is 19.1. The minimum Gasteiger partial charge on any atom is -0.496 e. The van der Waals surface area contributed by atoms with Crippen molar-refractivity contribution in [2.75, 3.05) is 7.11 Å². The van der Waals surface area contributed by atoms with Crippen LogP contribution in [0.15, 0.2) is 83.2 Å². The van der Waals surface area contributed by atoms with Crippen molar-refractivity contribution in [2.24, 2.45) is 10.2 Å². The molecule has 6 heteroatoms. The summed E-state index contributed by atoms with van der Waals surface area (Å²) in [7, 11) is 1.60. The van der Waals surface area contributed by atoms with Crippen molar-refractivity contribution < 1.29 is 9.13 Å². The van der Waals surface area contributed by atoms with Crippen molar-refractivity contribution in [3.8, 4) is 17.0 Å². The SMILES string of the molecule is COc1ccccc1-c1nc2ccc(F)cn2c1N=Nc1ccccc1. The van der Waals surface area contributed by atoms with Crippen LogP contribution in [0.1, 0.15) is 0 Å². The van der Waals surface area contributed by atoms with Crippen LogP contribution in [-0.4, -0.2) is 16.5 Å². The van der Waals surface area contributed by atoms with Crippen molar-refractivity contribution in [3.05, 3.63) is 78.7 Å². The lowest BCUT2D eigenvalue weighted by Crippen LogP contribution is -1.88. The molecule has 0 amide bonds. The van der Waals surface area contributed by atoms with E-state index in [1.807, 2.05) is 54.6 Å². The lowest BCUT2D eigenvalue weighted by molar-refractivity contribution is 0.416. The van der Waals surface area contributed by atoms with Gasteiger partial charge in [-0.15, -0.1) is 10.2 Å². The molecule has 2 aromatic carbocycles. The highest BCUT2D eigenvalue weighted by Crippen LogP contribution is 2.37. The first-order valence-corrected chi connectivity index (χ1v) is 8.04. The molecule has 0 N–H and O–H groups in total. The minimum absolute atomic E-state index is 0.377. The van der Waals surface area contributed by atoms with Gasteiger partial charge >= 0.3 is 0 Å². The number of benzene rings is 2. The normalized spacial score (nSPS) is 11.3. The Kier molecular flexibility index (Phi) is 4.15. The van der Waals surface area contributed by atoms with E-state index in [1.165, 1.54) is 12.3 Å². The Labute approximate surface area is 149 Å². The van der Waals surface area contributed by atoms with Crippen LogP contribution in [0, 0.1) is 5.82 Å². The van der Waals surface area contributed by atoms with Crippen LogP contribution in [0.5, 0.6) is 5.75 Å². The molecule has 2 heterocycles. The quantitative estimate of drug-likeness (QED) is 0.454. The Morgan fingerprint density at radius 1 is 0.923 bits per heavy atom. The topological polar surface area (TPSA) is 51.2 Å². The molecule has 4 rings (SSSR count). The first kappa shape index (κ1) is 16.0. The van der Waals surface area contributed by atoms with Crippen molar-refractivity contribution >= 4 is 17.2 Å². The first-order valence-electron chi connectivity index (χ1n) is 8.04. The molecule has 128 valence electrons. The number of azo groups is 1. The maximum atomic E-state index is 13.8. The third kappa shape index (κ3) is 2.93. The molecule has 0 aliphatic carbocycles. The number of imidazole rings is 1. The number of rotatable bonds is 4. The van der Waals surface area contributed by atoms with Gasteiger partial charge in [-0.25, -0.2) is 9.37 Å². The molecule has 0 unspecified atom stereocenters. The zero-order valence-electron chi connectivity index (χ0n) is 14.0. The van der Waals surface area contributed by atoms with Gasteiger partial charge in [0.05, 0.1) is 12.8 Å². The summed E-state index contributed by atoms with van der Waals surface area (Å²) in [5.41, 5.74) is 2.62. The number of fused-ring (bicyclic) bond motifs is 1. The summed E-state index contributed by atoms with van der Waals surface area (Å²) in [6, 6.07) is 19.8. The Morgan fingerprint density at radius 2 is 1.69 bits per heavy atom. The van der Waals surface area contributed by atoms with Crippen molar-refractivity contribution in [3.63, 3.8) is 0 Å². The van der Waals surface area contributed by atoms with Crippen molar-refractivity contribution in [1.29, 1.82) is 0 Å². The van der Waals surface area contributed by atoms with Crippen molar-refractivity contribution in [2.45, 2.75) is 0 Å². The van der Waals surface area contributed by atoms with E-state index < -0.39 is 0 Å². The van der Waals surface area contributed by atoms with Gasteiger partial charge in [0.25, 0.3) is 0 Å². The van der Waals surface area contributed by atoms with Gasteiger partial charge in [0.15, 0.2) is 5.82 Å². The molecule has 5 nitrogen and oxygen atoms in total. The number of hydrogen-bond donors (Lipinski definition) is 0. The molecule has 0 aliphatic rings. The van der Waals surface area contributed by atoms with Gasteiger partial charge in [-0.3, -0.25) is 4.40 Å². The van der Waals surface area contributed by atoms with Crippen LogP contribution in [0.2, 0.25) is 0 Å². The van der Waals surface area contributed by atoms with Gasteiger partial charge < -0.3 is 4.74 Å². The number of para-hydroxylation sites is 1. The number of aromatic nitrogens is 2. The average molecular weight is 346 g/mol. The molecular weight excluding hydrogens is 331 g/mol. The molecule has 0 atom stereocenters. The van der Waals surface area contributed by atoms with Gasteiger partial charge in [0, 0.05) is 11.8 Å². The van der Waals surface area contributed by atoms with Crippen LogP contribution in [-0.2, 0) is 0 Å². The van der Waals surface area contributed by atoms with Gasteiger partial charge in [-0.05, 0) is 36.4 Å². The number of hydrogen-bond acceptors (Lipinski definition) is 4. The fraction of sp³-hybridized carbons (Fsp3) is 0.0500. The van der Waals surface area contributed by atoms with E-state index in [2.05, 4.69) is 15.2 Å². The molecular formula is C20H15FN4O. The lowest BCUT2D eigenvalue weighted by Gasteiger charge is -2.06. The molecule has 2 aromatic heterocycles. The molecule has 0 fully saturated rings. The van der Waals surface area contributed by atoms with Crippen LogP contribution in [0.4, 0.5) is 15.9 Å². The third-order valence-corrected chi connectivity index (χ3v) is 3.94. The van der Waals surface area contributed by atoms with E-state index in [9.17, 15) is 4.39 Å². The lowest BCUT2D eigenvalue weighted by atomic mass is 10.1. The second-order valence-electron chi connectivity index (χ2n) is 5.60. The highest BCUT2D eigenvalue weighted by Gasteiger charge is 2.17. The Bertz CT molecular complexity index is 1090. The second kappa shape index (κ2) is 6.76. The maximum absolute atomic E-state index is 13.8. The molecule has 0 bridgehead atoms. The average Bonchev–Trinajstić information content (AvgIpc) is 3.04. The summed E-state index contributed by atoms with van der Waals surface area (Å²) < 4.78 is 20.8. The van der Waals surface area contributed by atoms with E-state index in [1.54, 1.807) is 17.6 Å². The third-order valence-electron chi connectivity index (χ3n) is 3.94. The number of pyridine rings is 1. The minimum atomic E-state index is -0.377. The van der Waals surface area contributed by atoms with Gasteiger partial charge in [0.2, 0.25) is 0 Å². The summed E-state index contributed by atoms with van der Waals surface area (Å²) >= 11 is 0. The van der Waals surface area contributed by atoms with E-state index in [0.29, 0.717) is 28.6 Å². The van der Waals surface area contributed by atoms with Crippen molar-refractivity contribution in [1.82, 2.24) is 9.38 Å². The smallest absolute Gasteiger partial charge is 0.187 e. The highest BCUT2D eigenvalue weighted by molar-refractivity contribution is 5.78. The molecule has 0 aliphatic heterocycles. The zero-order chi connectivity index (χ0) is 17.9. The standard InChI is InChI=1S/C20H15FN4O/c1-26-17-10-6-5-9-16(17)19-20(24-23-15-7-3-2-4-8-15)25-13-14(21)11-12-18(25)22-19/h2-13H,1H3. The monoisotopic (exact) mass is 346 g/mol. The fourth-order valence-corrected chi connectivity index (χ4v) is 2.72. The maximum Gasteiger partial charge on any atom is 0.187 e. The first-order chi connectivity index (χ1) is 12.8. The predicted molar refractivity (Wildman–Crippen MR) is 97.8 cm³/mol. The van der Waals surface area contributed by atoms with E-state index in [4.69, 9.17) is 4.74 Å². The number of methoxy groups -OCH3 is 1. The summed E-state index contributed by atoms with van der Waals surface area (Å²) in [6.07, 6.45) is 1.35. The van der Waals surface area contributed by atoms with E-state index in [0.717, 1.165) is 5.56 Å². The number of nitrogens with zero attached hydrogens (tertiary/aromatic N) is 4. The van der Waals surface area contributed by atoms with Gasteiger partial charge in [-0.2, -0.15) is 0 Å². The van der Waals surface area contributed by atoms with Gasteiger partial charge in [0.1, 0.15) is 22.9 Å². The Balaban J connectivity index is 1.94. The summed E-state index contributed by atoms with van der Waals surface area (Å²) in [4.78, 5) is 4.61. The molecule has 26 heavy (non-hydrogen) atoms. The number of halogens is 1. The molecule has 0 saturated carbocycles. The summed E-state index contributed by atoms with van der Waals surface area (Å²) in [5, 5.41) is 8.63. The molecule has 0 spiro atoms. The molecule has 0 saturated heterocycles. The summed E-state index contributed by atoms with van der Waals surface area (Å²) in [6.45, 7) is 0. The predicted octanol–water partition coefficient (Wildman–Crippen LogP) is 5.56. The van der Waals surface area contributed by atoms with Crippen LogP contribution < -0.4 is 4.74 Å². The van der Waals surface area contributed by atoms with Crippen LogP contribution >= 0.6 is 0 Å². The van der Waals surface area contributed by atoms with Crippen LogP contribution in [0.25, 0.3) is 16.9 Å². The number of ether oxygens (including phenoxy) is 1. The fourth-order valence-electron chi connectivity index (χ4n) is 2.72.